The molecule has 2 unspecified atom stereocenters. The van der Waals surface area contributed by atoms with Crippen molar-refractivity contribution in [1.82, 2.24) is 4.90 Å². The van der Waals surface area contributed by atoms with Crippen LogP contribution in [0.2, 0.25) is 0 Å². The molecule has 2 aromatic rings. The minimum Gasteiger partial charge on any atom is -0.480 e. The van der Waals surface area contributed by atoms with Gasteiger partial charge in [-0.3, -0.25) is 9.69 Å². The second-order valence-electron chi connectivity index (χ2n) is 5.66. The number of fused-ring (bicyclic) bond motifs is 1. The van der Waals surface area contributed by atoms with Crippen LogP contribution < -0.4 is 0 Å². The predicted octanol–water partition coefficient (Wildman–Crippen LogP) is 3.13. The van der Waals surface area contributed by atoms with Crippen molar-refractivity contribution in [2.75, 3.05) is 6.54 Å². The Labute approximate surface area is 118 Å². The minimum atomic E-state index is -0.699. The number of aliphatic carboxylic acids is 1. The van der Waals surface area contributed by atoms with E-state index in [1.807, 2.05) is 25.1 Å². The molecule has 1 fully saturated rings. The molecule has 0 aromatic heterocycles. The van der Waals surface area contributed by atoms with Gasteiger partial charge in [-0.2, -0.15) is 0 Å². The molecule has 1 heterocycles. The zero-order valence-corrected chi connectivity index (χ0v) is 11.6. The Hall–Kier alpha value is -1.87. The maximum Gasteiger partial charge on any atom is 0.321 e. The number of rotatable bonds is 3. The van der Waals surface area contributed by atoms with E-state index in [1.165, 1.54) is 16.3 Å². The zero-order chi connectivity index (χ0) is 14.1. The van der Waals surface area contributed by atoms with Gasteiger partial charge < -0.3 is 5.11 Å². The van der Waals surface area contributed by atoms with E-state index in [0.717, 1.165) is 13.0 Å². The largest absolute Gasteiger partial charge is 0.480 e. The van der Waals surface area contributed by atoms with Crippen LogP contribution in [0.5, 0.6) is 0 Å². The molecule has 0 amide bonds. The first-order valence-corrected chi connectivity index (χ1v) is 7.10. The van der Waals surface area contributed by atoms with Crippen molar-refractivity contribution in [3.63, 3.8) is 0 Å². The fourth-order valence-electron chi connectivity index (χ4n) is 3.25. The molecule has 3 heteroatoms. The number of likely N-dealkylation sites (tertiary alicyclic amines) is 1. The SMILES string of the molecule is CC1CCN(Cc2cccc3ccccc23)C1C(=O)O. The topological polar surface area (TPSA) is 40.5 Å². The lowest BCUT2D eigenvalue weighted by Crippen LogP contribution is -2.38. The summed E-state index contributed by atoms with van der Waals surface area (Å²) >= 11 is 0. The fourth-order valence-corrected chi connectivity index (χ4v) is 3.25. The Balaban J connectivity index is 1.92. The summed E-state index contributed by atoms with van der Waals surface area (Å²) in [4.78, 5) is 13.5. The van der Waals surface area contributed by atoms with Crippen molar-refractivity contribution in [3.8, 4) is 0 Å². The summed E-state index contributed by atoms with van der Waals surface area (Å²) in [6, 6.07) is 14.2. The van der Waals surface area contributed by atoms with E-state index in [0.29, 0.717) is 6.54 Å². The van der Waals surface area contributed by atoms with Crippen LogP contribution >= 0.6 is 0 Å². The van der Waals surface area contributed by atoms with Crippen LogP contribution in [0, 0.1) is 5.92 Å². The van der Waals surface area contributed by atoms with Gasteiger partial charge in [-0.1, -0.05) is 49.4 Å². The number of carboxylic acids is 1. The molecule has 104 valence electrons. The van der Waals surface area contributed by atoms with Crippen molar-refractivity contribution < 1.29 is 9.90 Å². The number of hydrogen-bond acceptors (Lipinski definition) is 2. The van der Waals surface area contributed by atoms with Crippen molar-refractivity contribution in [1.29, 1.82) is 0 Å². The molecule has 0 spiro atoms. The molecular formula is C17H19NO2. The molecule has 1 aliphatic heterocycles. The molecular weight excluding hydrogens is 250 g/mol. The predicted molar refractivity (Wildman–Crippen MR) is 79.6 cm³/mol. The third kappa shape index (κ3) is 2.29. The standard InChI is InChI=1S/C17H19NO2/c1-12-9-10-18(16(12)17(19)20)11-14-7-4-6-13-5-2-3-8-15(13)14/h2-8,12,16H,9-11H2,1H3,(H,19,20). The van der Waals surface area contributed by atoms with Crippen LogP contribution in [-0.4, -0.2) is 28.6 Å². The third-order valence-electron chi connectivity index (χ3n) is 4.31. The molecule has 3 rings (SSSR count). The average molecular weight is 269 g/mol. The number of nitrogens with zero attached hydrogens (tertiary/aromatic N) is 1. The van der Waals surface area contributed by atoms with Gasteiger partial charge in [-0.05, 0) is 35.2 Å². The fraction of sp³-hybridized carbons (Fsp3) is 0.353. The summed E-state index contributed by atoms with van der Waals surface area (Å²) < 4.78 is 0. The molecule has 2 aromatic carbocycles. The smallest absolute Gasteiger partial charge is 0.321 e. The highest BCUT2D eigenvalue weighted by molar-refractivity contribution is 5.85. The quantitative estimate of drug-likeness (QED) is 0.930. The third-order valence-corrected chi connectivity index (χ3v) is 4.31. The number of benzene rings is 2. The summed E-state index contributed by atoms with van der Waals surface area (Å²) in [5, 5.41) is 11.8. The van der Waals surface area contributed by atoms with Crippen molar-refractivity contribution in [2.45, 2.75) is 25.9 Å². The normalized spacial score (nSPS) is 23.2. The van der Waals surface area contributed by atoms with Gasteiger partial charge in [0.2, 0.25) is 0 Å². The van der Waals surface area contributed by atoms with Gasteiger partial charge in [0, 0.05) is 6.54 Å². The van der Waals surface area contributed by atoms with Gasteiger partial charge in [0.1, 0.15) is 6.04 Å². The molecule has 1 N–H and O–H groups in total. The molecule has 0 saturated carbocycles. The van der Waals surface area contributed by atoms with Gasteiger partial charge in [-0.15, -0.1) is 0 Å². The van der Waals surface area contributed by atoms with Crippen LogP contribution in [0.3, 0.4) is 0 Å². The van der Waals surface area contributed by atoms with Gasteiger partial charge in [-0.25, -0.2) is 0 Å². The lowest BCUT2D eigenvalue weighted by molar-refractivity contribution is -0.143. The zero-order valence-electron chi connectivity index (χ0n) is 11.6. The monoisotopic (exact) mass is 269 g/mol. The minimum absolute atomic E-state index is 0.225. The van der Waals surface area contributed by atoms with Crippen LogP contribution in [0.4, 0.5) is 0 Å². The van der Waals surface area contributed by atoms with E-state index in [-0.39, 0.29) is 12.0 Å². The first-order valence-electron chi connectivity index (χ1n) is 7.10. The second-order valence-corrected chi connectivity index (χ2v) is 5.66. The molecule has 0 aliphatic carbocycles. The second kappa shape index (κ2) is 5.25. The van der Waals surface area contributed by atoms with Crippen molar-refractivity contribution >= 4 is 16.7 Å². The maximum absolute atomic E-state index is 11.4. The van der Waals surface area contributed by atoms with Gasteiger partial charge in [0.05, 0.1) is 0 Å². The first kappa shape index (κ1) is 13.1. The highest BCUT2D eigenvalue weighted by Crippen LogP contribution is 2.28. The van der Waals surface area contributed by atoms with Crippen LogP contribution in [0.1, 0.15) is 18.9 Å². The molecule has 3 nitrogen and oxygen atoms in total. The molecule has 0 bridgehead atoms. The number of carboxylic acid groups (broad SMARTS) is 1. The van der Waals surface area contributed by atoms with Crippen LogP contribution in [-0.2, 0) is 11.3 Å². The lowest BCUT2D eigenvalue weighted by Gasteiger charge is -2.23. The highest BCUT2D eigenvalue weighted by Gasteiger charge is 2.36. The summed E-state index contributed by atoms with van der Waals surface area (Å²) in [5.74, 6) is -0.474. The Bertz CT molecular complexity index is 632. The Kier molecular flexibility index (Phi) is 3.45. The van der Waals surface area contributed by atoms with Gasteiger partial charge in [0.15, 0.2) is 0 Å². The van der Waals surface area contributed by atoms with Crippen LogP contribution in [0.15, 0.2) is 42.5 Å². The van der Waals surface area contributed by atoms with Gasteiger partial charge >= 0.3 is 5.97 Å². The summed E-state index contributed by atoms with van der Waals surface area (Å²) in [6.07, 6.45) is 0.960. The lowest BCUT2D eigenvalue weighted by atomic mass is 10.0. The number of hydrogen-bond donors (Lipinski definition) is 1. The highest BCUT2D eigenvalue weighted by atomic mass is 16.4. The van der Waals surface area contributed by atoms with E-state index in [4.69, 9.17) is 0 Å². The molecule has 1 saturated heterocycles. The van der Waals surface area contributed by atoms with E-state index in [2.05, 4.69) is 29.2 Å². The van der Waals surface area contributed by atoms with E-state index in [1.54, 1.807) is 0 Å². The van der Waals surface area contributed by atoms with E-state index in [9.17, 15) is 9.90 Å². The molecule has 0 radical (unpaired) electrons. The molecule has 1 aliphatic rings. The Morgan fingerprint density at radius 1 is 1.25 bits per heavy atom. The van der Waals surface area contributed by atoms with Crippen molar-refractivity contribution in [3.05, 3.63) is 48.0 Å². The maximum atomic E-state index is 11.4. The molecule has 2 atom stereocenters. The number of carbonyl (C=O) groups is 1. The Morgan fingerprint density at radius 2 is 2.00 bits per heavy atom. The summed E-state index contributed by atoms with van der Waals surface area (Å²) in [5.41, 5.74) is 1.21. The average Bonchev–Trinajstić information content (AvgIpc) is 2.80. The summed E-state index contributed by atoms with van der Waals surface area (Å²) in [7, 11) is 0. The van der Waals surface area contributed by atoms with Gasteiger partial charge in [0.25, 0.3) is 0 Å². The van der Waals surface area contributed by atoms with E-state index < -0.39 is 5.97 Å². The van der Waals surface area contributed by atoms with Crippen LogP contribution in [0.25, 0.3) is 10.8 Å². The summed E-state index contributed by atoms with van der Waals surface area (Å²) in [6.45, 7) is 3.60. The van der Waals surface area contributed by atoms with E-state index >= 15 is 0 Å². The first-order chi connectivity index (χ1) is 9.66. The Morgan fingerprint density at radius 3 is 2.80 bits per heavy atom. The van der Waals surface area contributed by atoms with Crippen molar-refractivity contribution in [2.24, 2.45) is 5.92 Å². The molecule has 20 heavy (non-hydrogen) atoms.